The van der Waals surface area contributed by atoms with Gasteiger partial charge in [-0.3, -0.25) is 9.78 Å². The first-order valence-corrected chi connectivity index (χ1v) is 8.59. The Hall–Kier alpha value is -3.00. The molecule has 0 aliphatic carbocycles. The standard InChI is InChI=1S/C18H16BrN5O2/c1-12-17(25)21-18(24-22-12)23-20-10-14-3-2-4-16(9-14)26-11-13-5-7-15(19)8-6-13/h2-10H,11H2,1H3,(H2,21,23,24,25)/b20-10+. The van der Waals surface area contributed by atoms with E-state index in [1.165, 1.54) is 0 Å². The molecule has 0 saturated carbocycles. The van der Waals surface area contributed by atoms with Gasteiger partial charge in [0.1, 0.15) is 18.1 Å². The van der Waals surface area contributed by atoms with Gasteiger partial charge in [-0.25, -0.2) is 5.43 Å². The molecule has 0 saturated heterocycles. The molecule has 0 unspecified atom stereocenters. The molecule has 0 aliphatic rings. The van der Waals surface area contributed by atoms with Crippen LogP contribution in [0.5, 0.6) is 5.75 Å². The van der Waals surface area contributed by atoms with Crippen molar-refractivity contribution >= 4 is 28.1 Å². The number of aromatic amines is 1. The summed E-state index contributed by atoms with van der Waals surface area (Å²) in [4.78, 5) is 14.0. The number of hydrogen-bond acceptors (Lipinski definition) is 6. The van der Waals surface area contributed by atoms with Gasteiger partial charge < -0.3 is 4.74 Å². The topological polar surface area (TPSA) is 92.3 Å². The van der Waals surface area contributed by atoms with Crippen LogP contribution < -0.4 is 15.7 Å². The third-order valence-electron chi connectivity index (χ3n) is 3.42. The average molecular weight is 414 g/mol. The summed E-state index contributed by atoms with van der Waals surface area (Å²) < 4.78 is 6.83. The average Bonchev–Trinajstić information content (AvgIpc) is 2.65. The number of anilines is 1. The Morgan fingerprint density at radius 2 is 2.04 bits per heavy atom. The lowest BCUT2D eigenvalue weighted by molar-refractivity contribution is 0.306. The fourth-order valence-electron chi connectivity index (χ4n) is 2.04. The molecule has 0 atom stereocenters. The Labute approximate surface area is 158 Å². The lowest BCUT2D eigenvalue weighted by Crippen LogP contribution is -2.15. The summed E-state index contributed by atoms with van der Waals surface area (Å²) in [6.07, 6.45) is 1.60. The third-order valence-corrected chi connectivity index (χ3v) is 3.95. The molecular weight excluding hydrogens is 398 g/mol. The van der Waals surface area contributed by atoms with Gasteiger partial charge in [-0.15, -0.1) is 10.2 Å². The summed E-state index contributed by atoms with van der Waals surface area (Å²) in [7, 11) is 0. The second-order valence-electron chi connectivity index (χ2n) is 5.45. The summed E-state index contributed by atoms with van der Waals surface area (Å²) in [5.41, 5.74) is 4.56. The van der Waals surface area contributed by atoms with Crippen LogP contribution >= 0.6 is 15.9 Å². The second kappa shape index (κ2) is 8.39. The largest absolute Gasteiger partial charge is 0.489 e. The normalized spacial score (nSPS) is 10.8. The Morgan fingerprint density at radius 1 is 1.23 bits per heavy atom. The van der Waals surface area contributed by atoms with E-state index in [9.17, 15) is 4.79 Å². The molecule has 0 amide bonds. The molecule has 3 aromatic rings. The molecule has 0 aliphatic heterocycles. The monoisotopic (exact) mass is 413 g/mol. The molecule has 1 aromatic heterocycles. The number of nitrogens with zero attached hydrogens (tertiary/aromatic N) is 3. The van der Waals surface area contributed by atoms with E-state index >= 15 is 0 Å². The summed E-state index contributed by atoms with van der Waals surface area (Å²) in [6, 6.07) is 15.5. The van der Waals surface area contributed by atoms with Gasteiger partial charge in [0, 0.05) is 4.47 Å². The molecule has 2 aromatic carbocycles. The van der Waals surface area contributed by atoms with Gasteiger partial charge in [0.15, 0.2) is 0 Å². The predicted molar refractivity (Wildman–Crippen MR) is 104 cm³/mol. The Morgan fingerprint density at radius 3 is 2.81 bits per heavy atom. The highest BCUT2D eigenvalue weighted by Gasteiger charge is 1.99. The van der Waals surface area contributed by atoms with E-state index in [2.05, 4.69) is 41.6 Å². The number of H-pyrrole nitrogens is 1. The van der Waals surface area contributed by atoms with Crippen molar-refractivity contribution in [2.75, 3.05) is 5.43 Å². The minimum Gasteiger partial charge on any atom is -0.489 e. The fourth-order valence-corrected chi connectivity index (χ4v) is 2.31. The number of hydrazone groups is 1. The Bertz CT molecular complexity index is 970. The van der Waals surface area contributed by atoms with Crippen LogP contribution in [-0.2, 0) is 6.61 Å². The quantitative estimate of drug-likeness (QED) is 0.477. The molecule has 7 nitrogen and oxygen atoms in total. The van der Waals surface area contributed by atoms with E-state index in [4.69, 9.17) is 4.74 Å². The van der Waals surface area contributed by atoms with E-state index < -0.39 is 0 Å². The van der Waals surface area contributed by atoms with Crippen molar-refractivity contribution < 1.29 is 4.74 Å². The van der Waals surface area contributed by atoms with E-state index in [0.717, 1.165) is 21.3 Å². The van der Waals surface area contributed by atoms with Crippen LogP contribution in [0.1, 0.15) is 16.8 Å². The third kappa shape index (κ3) is 5.00. The van der Waals surface area contributed by atoms with Gasteiger partial charge in [0.25, 0.3) is 5.56 Å². The molecule has 8 heteroatoms. The summed E-state index contributed by atoms with van der Waals surface area (Å²) in [5, 5.41) is 11.6. The van der Waals surface area contributed by atoms with Crippen LogP contribution in [0.2, 0.25) is 0 Å². The number of ether oxygens (including phenoxy) is 1. The van der Waals surface area contributed by atoms with Gasteiger partial charge in [-0.1, -0.05) is 40.2 Å². The highest BCUT2D eigenvalue weighted by molar-refractivity contribution is 9.10. The lowest BCUT2D eigenvalue weighted by Gasteiger charge is -2.07. The number of hydrogen-bond donors (Lipinski definition) is 2. The van der Waals surface area contributed by atoms with Crippen molar-refractivity contribution in [2.24, 2.45) is 5.10 Å². The van der Waals surface area contributed by atoms with Crippen LogP contribution in [0, 0.1) is 6.92 Å². The molecule has 0 spiro atoms. The van der Waals surface area contributed by atoms with Gasteiger partial charge in [-0.2, -0.15) is 5.10 Å². The molecule has 3 rings (SSSR count). The molecular formula is C18H16BrN5O2. The van der Waals surface area contributed by atoms with Crippen LogP contribution in [0.15, 0.2) is 62.9 Å². The highest BCUT2D eigenvalue weighted by atomic mass is 79.9. The maximum atomic E-state index is 11.5. The van der Waals surface area contributed by atoms with Crippen LogP contribution in [0.4, 0.5) is 5.95 Å². The van der Waals surface area contributed by atoms with E-state index in [0.29, 0.717) is 12.3 Å². The zero-order valence-corrected chi connectivity index (χ0v) is 15.5. The van der Waals surface area contributed by atoms with Gasteiger partial charge >= 0.3 is 0 Å². The predicted octanol–water partition coefficient (Wildman–Crippen LogP) is 3.26. The number of aromatic nitrogens is 3. The first-order chi connectivity index (χ1) is 12.6. The summed E-state index contributed by atoms with van der Waals surface area (Å²) in [6.45, 7) is 2.06. The van der Waals surface area contributed by atoms with Crippen LogP contribution in [0.3, 0.4) is 0 Å². The number of nitrogens with one attached hydrogen (secondary N) is 2. The number of halogens is 1. The minimum absolute atomic E-state index is 0.180. The smallest absolute Gasteiger partial charge is 0.274 e. The maximum Gasteiger partial charge on any atom is 0.274 e. The van der Waals surface area contributed by atoms with Gasteiger partial charge in [-0.05, 0) is 42.3 Å². The molecule has 132 valence electrons. The lowest BCUT2D eigenvalue weighted by atomic mass is 10.2. The SMILES string of the molecule is Cc1nnc(N/N=C/c2cccc(OCc3ccc(Br)cc3)c2)[nH]c1=O. The molecule has 26 heavy (non-hydrogen) atoms. The number of rotatable bonds is 6. The fraction of sp³-hybridized carbons (Fsp3) is 0.111. The van der Waals surface area contributed by atoms with Crippen molar-refractivity contribution in [3.05, 3.63) is 80.2 Å². The van der Waals surface area contributed by atoms with Gasteiger partial charge in [0.05, 0.1) is 6.21 Å². The second-order valence-corrected chi connectivity index (χ2v) is 6.36. The zero-order valence-electron chi connectivity index (χ0n) is 13.9. The van der Waals surface area contributed by atoms with Crippen molar-refractivity contribution in [1.82, 2.24) is 15.2 Å². The van der Waals surface area contributed by atoms with Crippen molar-refractivity contribution in [1.29, 1.82) is 0 Å². The first kappa shape index (κ1) is 17.8. The molecule has 0 bridgehead atoms. The first-order valence-electron chi connectivity index (χ1n) is 7.80. The van der Waals surface area contributed by atoms with E-state index in [1.807, 2.05) is 48.5 Å². The number of benzene rings is 2. The van der Waals surface area contributed by atoms with Crippen LogP contribution in [0.25, 0.3) is 0 Å². The number of aryl methyl sites for hydroxylation is 1. The maximum absolute atomic E-state index is 11.5. The summed E-state index contributed by atoms with van der Waals surface area (Å²) >= 11 is 3.41. The van der Waals surface area contributed by atoms with E-state index in [-0.39, 0.29) is 11.5 Å². The molecule has 0 radical (unpaired) electrons. The Kier molecular flexibility index (Phi) is 5.75. The Balaban J connectivity index is 1.60. The van der Waals surface area contributed by atoms with Crippen molar-refractivity contribution in [2.45, 2.75) is 13.5 Å². The van der Waals surface area contributed by atoms with Crippen LogP contribution in [-0.4, -0.2) is 21.4 Å². The van der Waals surface area contributed by atoms with E-state index in [1.54, 1.807) is 13.1 Å². The minimum atomic E-state index is -0.305. The summed E-state index contributed by atoms with van der Waals surface area (Å²) in [5.74, 6) is 0.917. The highest BCUT2D eigenvalue weighted by Crippen LogP contribution is 2.16. The van der Waals surface area contributed by atoms with Crippen molar-refractivity contribution in [3.63, 3.8) is 0 Å². The molecule has 2 N–H and O–H groups in total. The molecule has 1 heterocycles. The van der Waals surface area contributed by atoms with Gasteiger partial charge in [0.2, 0.25) is 5.95 Å². The zero-order chi connectivity index (χ0) is 18.4. The molecule has 0 fully saturated rings. The van der Waals surface area contributed by atoms with Crippen molar-refractivity contribution in [3.8, 4) is 5.75 Å².